The maximum atomic E-state index is 13.3. The van der Waals surface area contributed by atoms with Crippen LogP contribution in [0.5, 0.6) is 5.75 Å². The minimum atomic E-state index is -0.196. The number of carbonyl (C=O) groups excluding carboxylic acids is 1. The fourth-order valence-corrected chi connectivity index (χ4v) is 4.52. The van der Waals surface area contributed by atoms with Crippen LogP contribution in [-0.4, -0.2) is 39.7 Å². The number of ether oxygens (including phenoxy) is 2. The van der Waals surface area contributed by atoms with E-state index in [0.717, 1.165) is 29.4 Å². The van der Waals surface area contributed by atoms with Crippen molar-refractivity contribution in [3.05, 3.63) is 65.2 Å². The van der Waals surface area contributed by atoms with E-state index in [0.29, 0.717) is 38.0 Å². The zero-order chi connectivity index (χ0) is 20.8. The van der Waals surface area contributed by atoms with Crippen LogP contribution in [0.25, 0.3) is 11.4 Å². The number of pyridine rings is 1. The van der Waals surface area contributed by atoms with Crippen LogP contribution < -0.4 is 10.1 Å². The van der Waals surface area contributed by atoms with Gasteiger partial charge in [-0.15, -0.1) is 0 Å². The third-order valence-corrected chi connectivity index (χ3v) is 6.23. The summed E-state index contributed by atoms with van der Waals surface area (Å²) in [5, 5.41) is 3.15. The molecular weight excluding hydrogens is 392 g/mol. The number of fused-ring (bicyclic) bond motifs is 2. The molecule has 1 aliphatic carbocycles. The Balaban J connectivity index is 1.27. The number of nitrogens with one attached hydrogen (secondary N) is 1. The lowest BCUT2D eigenvalue weighted by Crippen LogP contribution is -2.43. The number of benzene rings is 1. The maximum Gasteiger partial charge on any atom is 0.272 e. The molecule has 1 saturated carbocycles. The van der Waals surface area contributed by atoms with Gasteiger partial charge in [-0.3, -0.25) is 9.78 Å². The molecule has 6 rings (SSSR count). The summed E-state index contributed by atoms with van der Waals surface area (Å²) in [6.45, 7) is 2.11. The molecule has 2 aromatic heterocycles. The number of imidazole rings is 1. The van der Waals surface area contributed by atoms with Gasteiger partial charge in [-0.05, 0) is 54.5 Å². The van der Waals surface area contributed by atoms with Crippen molar-refractivity contribution in [2.75, 3.05) is 13.2 Å². The second-order valence-electron chi connectivity index (χ2n) is 8.47. The number of carbonyl (C=O) groups is 1. The molecule has 0 spiro atoms. The molecule has 1 atom stereocenters. The Morgan fingerprint density at radius 3 is 2.97 bits per heavy atom. The number of amides is 1. The predicted octanol–water partition coefficient (Wildman–Crippen LogP) is 3.09. The molecule has 1 N–H and O–H groups in total. The van der Waals surface area contributed by atoms with Crippen molar-refractivity contribution in [3.8, 4) is 17.1 Å². The standard InChI is InChI=1S/C24H24N4O3/c29-24(26-18-12-17-11-16(15-4-5-15)6-7-20(17)31-13-18)22-23(19-3-1-2-8-25-19)28-9-10-30-14-21(28)27-22/h1-3,6-8,11,15,18H,4-5,9-10,12-14H2,(H,26,29)/t18-/m1/s1. The van der Waals surface area contributed by atoms with Crippen LogP contribution in [-0.2, 0) is 24.3 Å². The van der Waals surface area contributed by atoms with Gasteiger partial charge in [0.2, 0.25) is 0 Å². The summed E-state index contributed by atoms with van der Waals surface area (Å²) in [6, 6.07) is 12.1. The second-order valence-corrected chi connectivity index (χ2v) is 8.47. The first kappa shape index (κ1) is 18.6. The summed E-state index contributed by atoms with van der Waals surface area (Å²) in [5.41, 5.74) is 4.45. The summed E-state index contributed by atoms with van der Waals surface area (Å²) in [7, 11) is 0. The Labute approximate surface area is 180 Å². The van der Waals surface area contributed by atoms with Crippen molar-refractivity contribution in [2.24, 2.45) is 0 Å². The van der Waals surface area contributed by atoms with E-state index in [4.69, 9.17) is 9.47 Å². The summed E-state index contributed by atoms with van der Waals surface area (Å²) < 4.78 is 13.6. The van der Waals surface area contributed by atoms with Crippen LogP contribution >= 0.6 is 0 Å². The molecule has 1 amide bonds. The van der Waals surface area contributed by atoms with Gasteiger partial charge in [0.05, 0.1) is 18.3 Å². The van der Waals surface area contributed by atoms with E-state index in [2.05, 4.69) is 38.1 Å². The molecule has 158 valence electrons. The normalized spacial score (nSPS) is 19.8. The molecule has 3 aromatic rings. The van der Waals surface area contributed by atoms with Crippen molar-refractivity contribution in [3.63, 3.8) is 0 Å². The lowest BCUT2D eigenvalue weighted by Gasteiger charge is -2.26. The topological polar surface area (TPSA) is 78.3 Å². The highest BCUT2D eigenvalue weighted by Crippen LogP contribution is 2.42. The average molecular weight is 416 g/mol. The van der Waals surface area contributed by atoms with Crippen molar-refractivity contribution in [1.82, 2.24) is 19.9 Å². The van der Waals surface area contributed by atoms with Crippen LogP contribution in [0.4, 0.5) is 0 Å². The van der Waals surface area contributed by atoms with E-state index >= 15 is 0 Å². The minimum Gasteiger partial charge on any atom is -0.491 e. The maximum absolute atomic E-state index is 13.3. The molecular formula is C24H24N4O3. The van der Waals surface area contributed by atoms with Crippen LogP contribution in [0, 0.1) is 0 Å². The van der Waals surface area contributed by atoms with Gasteiger partial charge in [-0.25, -0.2) is 4.98 Å². The SMILES string of the molecule is O=C(N[C@H]1COc2ccc(C3CC3)cc2C1)c1nc2n(c1-c1ccccn1)CCOC2. The van der Waals surface area contributed by atoms with Crippen molar-refractivity contribution in [2.45, 2.75) is 44.4 Å². The molecule has 0 bridgehead atoms. The first-order chi connectivity index (χ1) is 15.3. The van der Waals surface area contributed by atoms with Gasteiger partial charge in [0.15, 0.2) is 5.69 Å². The molecule has 2 aliphatic heterocycles. The first-order valence-corrected chi connectivity index (χ1v) is 10.9. The number of hydrogen-bond donors (Lipinski definition) is 1. The molecule has 31 heavy (non-hydrogen) atoms. The van der Waals surface area contributed by atoms with Gasteiger partial charge in [-0.1, -0.05) is 18.2 Å². The molecule has 0 saturated heterocycles. The first-order valence-electron chi connectivity index (χ1n) is 10.9. The van der Waals surface area contributed by atoms with Crippen LogP contribution in [0.2, 0.25) is 0 Å². The van der Waals surface area contributed by atoms with E-state index in [9.17, 15) is 4.79 Å². The summed E-state index contributed by atoms with van der Waals surface area (Å²) in [4.78, 5) is 22.4. The van der Waals surface area contributed by atoms with E-state index < -0.39 is 0 Å². The monoisotopic (exact) mass is 416 g/mol. The van der Waals surface area contributed by atoms with Crippen LogP contribution in [0.3, 0.4) is 0 Å². The molecule has 7 heteroatoms. The minimum absolute atomic E-state index is 0.0963. The highest BCUT2D eigenvalue weighted by Gasteiger charge is 2.30. The van der Waals surface area contributed by atoms with Gasteiger partial charge >= 0.3 is 0 Å². The summed E-state index contributed by atoms with van der Waals surface area (Å²) in [5.74, 6) is 2.19. The fourth-order valence-electron chi connectivity index (χ4n) is 4.52. The largest absolute Gasteiger partial charge is 0.491 e. The molecule has 4 heterocycles. The quantitative estimate of drug-likeness (QED) is 0.707. The molecule has 0 unspecified atom stereocenters. The Bertz CT molecular complexity index is 1140. The van der Waals surface area contributed by atoms with E-state index in [1.165, 1.54) is 24.0 Å². The van der Waals surface area contributed by atoms with Gasteiger partial charge in [-0.2, -0.15) is 0 Å². The Hall–Kier alpha value is -3.19. The van der Waals surface area contributed by atoms with Gasteiger partial charge in [0.25, 0.3) is 5.91 Å². The number of nitrogens with zero attached hydrogens (tertiary/aromatic N) is 3. The summed E-state index contributed by atoms with van der Waals surface area (Å²) >= 11 is 0. The Kier molecular flexibility index (Phi) is 4.49. The Morgan fingerprint density at radius 2 is 2.13 bits per heavy atom. The van der Waals surface area contributed by atoms with Gasteiger partial charge in [0.1, 0.15) is 30.5 Å². The third-order valence-electron chi connectivity index (χ3n) is 6.23. The van der Waals surface area contributed by atoms with Crippen molar-refractivity contribution in [1.29, 1.82) is 0 Å². The molecule has 3 aliphatic rings. The van der Waals surface area contributed by atoms with Crippen LogP contribution in [0.1, 0.15) is 46.2 Å². The van der Waals surface area contributed by atoms with E-state index in [-0.39, 0.29) is 11.9 Å². The van der Waals surface area contributed by atoms with Gasteiger partial charge in [0, 0.05) is 12.7 Å². The summed E-state index contributed by atoms with van der Waals surface area (Å²) in [6.07, 6.45) is 5.03. The zero-order valence-electron chi connectivity index (χ0n) is 17.2. The van der Waals surface area contributed by atoms with Gasteiger partial charge < -0.3 is 19.4 Å². The van der Waals surface area contributed by atoms with E-state index in [1.807, 2.05) is 18.2 Å². The third kappa shape index (κ3) is 3.49. The molecule has 1 aromatic carbocycles. The lowest BCUT2D eigenvalue weighted by molar-refractivity contribution is 0.0820. The Morgan fingerprint density at radius 1 is 1.19 bits per heavy atom. The molecule has 1 fully saturated rings. The second kappa shape index (κ2) is 7.50. The predicted molar refractivity (Wildman–Crippen MR) is 114 cm³/mol. The van der Waals surface area contributed by atoms with Crippen molar-refractivity contribution >= 4 is 5.91 Å². The van der Waals surface area contributed by atoms with Crippen molar-refractivity contribution < 1.29 is 14.3 Å². The number of hydrogen-bond acceptors (Lipinski definition) is 5. The highest BCUT2D eigenvalue weighted by molar-refractivity contribution is 5.98. The van der Waals surface area contributed by atoms with E-state index in [1.54, 1.807) is 6.20 Å². The average Bonchev–Trinajstić information content (AvgIpc) is 3.59. The smallest absolute Gasteiger partial charge is 0.272 e. The van der Waals surface area contributed by atoms with Crippen LogP contribution in [0.15, 0.2) is 42.6 Å². The lowest BCUT2D eigenvalue weighted by atomic mass is 9.98. The molecule has 0 radical (unpaired) electrons. The molecule has 7 nitrogen and oxygen atoms in total. The number of aromatic nitrogens is 3. The number of rotatable bonds is 4. The zero-order valence-corrected chi connectivity index (χ0v) is 17.2. The fraction of sp³-hybridized carbons (Fsp3) is 0.375. The highest BCUT2D eigenvalue weighted by atomic mass is 16.5.